The summed E-state index contributed by atoms with van der Waals surface area (Å²) in [5, 5.41) is 10.6. The molecular formula is C18H15BrFN3O2. The minimum Gasteiger partial charge on any atom is -0.493 e. The lowest BCUT2D eigenvalue weighted by Gasteiger charge is -2.10. The number of benzene rings is 2. The molecule has 5 nitrogen and oxygen atoms in total. The molecule has 0 saturated carbocycles. The maximum absolute atomic E-state index is 13.7. The smallest absolute Gasteiger partial charge is 0.161 e. The van der Waals surface area contributed by atoms with Crippen molar-refractivity contribution >= 4 is 27.4 Å². The molecule has 0 unspecified atom stereocenters. The summed E-state index contributed by atoms with van der Waals surface area (Å²) in [6.07, 6.45) is 0.705. The van der Waals surface area contributed by atoms with Crippen molar-refractivity contribution in [3.8, 4) is 22.8 Å². The molecule has 0 aliphatic heterocycles. The number of halogens is 2. The third kappa shape index (κ3) is 2.55. The largest absolute Gasteiger partial charge is 0.493 e. The van der Waals surface area contributed by atoms with E-state index in [0.717, 1.165) is 22.4 Å². The molecule has 1 heterocycles. The van der Waals surface area contributed by atoms with E-state index in [1.54, 1.807) is 26.4 Å². The number of aromatic amines is 1. The van der Waals surface area contributed by atoms with Crippen LogP contribution in [0.3, 0.4) is 0 Å². The van der Waals surface area contributed by atoms with Gasteiger partial charge < -0.3 is 14.8 Å². The summed E-state index contributed by atoms with van der Waals surface area (Å²) in [5.41, 5.74) is 4.75. The number of hydrogen-bond acceptors (Lipinski definition) is 4. The molecule has 0 amide bonds. The lowest BCUT2D eigenvalue weighted by Crippen LogP contribution is -1.97. The van der Waals surface area contributed by atoms with Gasteiger partial charge in [-0.1, -0.05) is 6.07 Å². The monoisotopic (exact) mass is 403 g/mol. The van der Waals surface area contributed by atoms with E-state index in [4.69, 9.17) is 9.47 Å². The highest BCUT2D eigenvalue weighted by atomic mass is 79.9. The molecule has 3 aromatic rings. The maximum atomic E-state index is 13.7. The molecule has 2 N–H and O–H groups in total. The molecule has 1 aliphatic rings. The van der Waals surface area contributed by atoms with Crippen molar-refractivity contribution < 1.29 is 13.9 Å². The van der Waals surface area contributed by atoms with Gasteiger partial charge in [-0.2, -0.15) is 5.10 Å². The third-order valence-corrected chi connectivity index (χ3v) is 5.12. The first kappa shape index (κ1) is 16.0. The number of H-pyrrole nitrogens is 1. The Morgan fingerprint density at radius 2 is 1.96 bits per heavy atom. The van der Waals surface area contributed by atoms with Crippen LogP contribution in [-0.4, -0.2) is 24.4 Å². The van der Waals surface area contributed by atoms with Crippen LogP contribution >= 0.6 is 15.9 Å². The van der Waals surface area contributed by atoms with Crippen LogP contribution in [0.4, 0.5) is 15.9 Å². The molecule has 25 heavy (non-hydrogen) atoms. The van der Waals surface area contributed by atoms with Crippen LogP contribution in [0.25, 0.3) is 11.3 Å². The highest BCUT2D eigenvalue weighted by molar-refractivity contribution is 9.10. The first-order valence-corrected chi connectivity index (χ1v) is 8.45. The molecule has 1 aliphatic carbocycles. The molecule has 2 aromatic carbocycles. The van der Waals surface area contributed by atoms with Crippen LogP contribution in [0.1, 0.15) is 11.1 Å². The van der Waals surface area contributed by atoms with Gasteiger partial charge in [0, 0.05) is 17.5 Å². The summed E-state index contributed by atoms with van der Waals surface area (Å²) >= 11 is 3.26. The fraction of sp³-hybridized carbons (Fsp3) is 0.167. The number of rotatable bonds is 4. The van der Waals surface area contributed by atoms with Crippen LogP contribution in [0.15, 0.2) is 34.8 Å². The Kier molecular flexibility index (Phi) is 3.88. The highest BCUT2D eigenvalue weighted by Gasteiger charge is 2.27. The van der Waals surface area contributed by atoms with Gasteiger partial charge in [-0.3, -0.25) is 5.10 Å². The second kappa shape index (κ2) is 6.07. The predicted octanol–water partition coefficient (Wildman–Crippen LogP) is 4.64. The van der Waals surface area contributed by atoms with E-state index in [1.165, 1.54) is 6.07 Å². The zero-order chi connectivity index (χ0) is 17.6. The Morgan fingerprint density at radius 3 is 2.72 bits per heavy atom. The molecule has 0 saturated heterocycles. The molecule has 0 bridgehead atoms. The van der Waals surface area contributed by atoms with Crippen molar-refractivity contribution in [3.63, 3.8) is 0 Å². The summed E-state index contributed by atoms with van der Waals surface area (Å²) in [7, 11) is 3.23. The van der Waals surface area contributed by atoms with Crippen molar-refractivity contribution in [2.75, 3.05) is 19.5 Å². The molecule has 0 fully saturated rings. The number of hydrogen-bond donors (Lipinski definition) is 2. The van der Waals surface area contributed by atoms with Gasteiger partial charge in [-0.25, -0.2) is 4.39 Å². The SMILES string of the molecule is COc1cc2c(cc1OC)-c1[nH]nc(Nc3cccc(F)c3Br)c1C2. The van der Waals surface area contributed by atoms with Gasteiger partial charge in [0.15, 0.2) is 17.3 Å². The van der Waals surface area contributed by atoms with Gasteiger partial charge in [-0.15, -0.1) is 0 Å². The molecule has 7 heteroatoms. The second-order valence-corrected chi connectivity index (χ2v) is 6.49. The Balaban J connectivity index is 1.73. The fourth-order valence-corrected chi connectivity index (χ4v) is 3.45. The van der Waals surface area contributed by atoms with Crippen LogP contribution in [-0.2, 0) is 6.42 Å². The summed E-state index contributed by atoms with van der Waals surface area (Å²) in [5.74, 6) is 1.72. The Morgan fingerprint density at radius 1 is 1.20 bits per heavy atom. The van der Waals surface area contributed by atoms with Gasteiger partial charge in [-0.05, 0) is 45.8 Å². The van der Waals surface area contributed by atoms with Gasteiger partial charge in [0.05, 0.1) is 30.1 Å². The number of ether oxygens (including phenoxy) is 2. The number of nitrogens with zero attached hydrogens (tertiary/aromatic N) is 1. The molecule has 128 valence electrons. The average molecular weight is 404 g/mol. The van der Waals surface area contributed by atoms with E-state index in [1.807, 2.05) is 12.1 Å². The van der Waals surface area contributed by atoms with Crippen molar-refractivity contribution in [2.45, 2.75) is 6.42 Å². The molecule has 4 rings (SSSR count). The average Bonchev–Trinajstić information content (AvgIpc) is 3.17. The number of methoxy groups -OCH3 is 2. The number of nitrogens with one attached hydrogen (secondary N) is 2. The second-order valence-electron chi connectivity index (χ2n) is 5.69. The zero-order valence-corrected chi connectivity index (χ0v) is 15.2. The summed E-state index contributed by atoms with van der Waals surface area (Å²) < 4.78 is 24.9. The van der Waals surface area contributed by atoms with E-state index in [2.05, 4.69) is 31.4 Å². The van der Waals surface area contributed by atoms with E-state index >= 15 is 0 Å². The highest BCUT2D eigenvalue weighted by Crippen LogP contribution is 2.44. The third-order valence-electron chi connectivity index (χ3n) is 4.32. The summed E-state index contributed by atoms with van der Waals surface area (Å²) in [4.78, 5) is 0. The van der Waals surface area contributed by atoms with Crippen LogP contribution in [0, 0.1) is 5.82 Å². The Bertz CT molecular complexity index is 971. The molecule has 0 radical (unpaired) electrons. The van der Waals surface area contributed by atoms with E-state index < -0.39 is 0 Å². The molecule has 0 atom stereocenters. The minimum atomic E-state index is -0.324. The van der Waals surface area contributed by atoms with Crippen LogP contribution in [0.2, 0.25) is 0 Å². The van der Waals surface area contributed by atoms with Crippen molar-refractivity contribution in [1.82, 2.24) is 10.2 Å². The van der Waals surface area contributed by atoms with E-state index in [0.29, 0.717) is 33.9 Å². The van der Waals surface area contributed by atoms with Crippen molar-refractivity contribution in [2.24, 2.45) is 0 Å². The number of fused-ring (bicyclic) bond motifs is 3. The van der Waals surface area contributed by atoms with Crippen LogP contribution < -0.4 is 14.8 Å². The summed E-state index contributed by atoms with van der Waals surface area (Å²) in [6, 6.07) is 8.77. The van der Waals surface area contributed by atoms with Crippen molar-refractivity contribution in [1.29, 1.82) is 0 Å². The van der Waals surface area contributed by atoms with E-state index in [-0.39, 0.29) is 5.82 Å². The normalized spacial score (nSPS) is 11.8. The minimum absolute atomic E-state index is 0.324. The van der Waals surface area contributed by atoms with Gasteiger partial charge in [0.1, 0.15) is 5.82 Å². The maximum Gasteiger partial charge on any atom is 0.161 e. The Labute approximate surface area is 152 Å². The Hall–Kier alpha value is -2.54. The van der Waals surface area contributed by atoms with Gasteiger partial charge in [0.25, 0.3) is 0 Å². The topological polar surface area (TPSA) is 59.2 Å². The lowest BCUT2D eigenvalue weighted by atomic mass is 10.1. The predicted molar refractivity (Wildman–Crippen MR) is 97.3 cm³/mol. The number of anilines is 2. The molecular weight excluding hydrogens is 389 g/mol. The standard InChI is InChI=1S/C18H15BrFN3O2/c1-24-14-7-9-6-11-17(10(9)8-15(14)25-2)22-23-18(11)21-13-5-3-4-12(20)16(13)19/h3-5,7-8H,6H2,1-2H3,(H2,21,22,23). The lowest BCUT2D eigenvalue weighted by molar-refractivity contribution is 0.355. The van der Waals surface area contributed by atoms with E-state index in [9.17, 15) is 4.39 Å². The first-order valence-electron chi connectivity index (χ1n) is 7.66. The summed E-state index contributed by atoms with van der Waals surface area (Å²) in [6.45, 7) is 0. The number of aromatic nitrogens is 2. The van der Waals surface area contributed by atoms with Crippen LogP contribution in [0.5, 0.6) is 11.5 Å². The van der Waals surface area contributed by atoms with Gasteiger partial charge >= 0.3 is 0 Å². The first-order chi connectivity index (χ1) is 12.1. The quantitative estimate of drug-likeness (QED) is 0.520. The molecule has 0 spiro atoms. The van der Waals surface area contributed by atoms with Gasteiger partial charge in [0.2, 0.25) is 0 Å². The zero-order valence-electron chi connectivity index (χ0n) is 13.6. The van der Waals surface area contributed by atoms with Crippen molar-refractivity contribution in [3.05, 3.63) is 51.7 Å². The molecule has 1 aromatic heterocycles. The fourth-order valence-electron chi connectivity index (χ4n) is 3.08.